The van der Waals surface area contributed by atoms with E-state index in [1.165, 1.54) is 11.8 Å². The molecule has 2 rings (SSSR count). The first kappa shape index (κ1) is 18.3. The van der Waals surface area contributed by atoms with Crippen molar-refractivity contribution in [1.29, 1.82) is 5.26 Å². The molecule has 0 unspecified atom stereocenters. The molecule has 2 N–H and O–H groups in total. The summed E-state index contributed by atoms with van der Waals surface area (Å²) in [4.78, 5) is 12.3. The van der Waals surface area contributed by atoms with Gasteiger partial charge in [-0.1, -0.05) is 51.1 Å². The monoisotopic (exact) mass is 333 g/mol. The number of anilines is 2. The number of carbonyl (C=O) groups is 1. The van der Waals surface area contributed by atoms with Gasteiger partial charge in [0, 0.05) is 17.6 Å². The Morgan fingerprint density at radius 2 is 1.84 bits per heavy atom. The molecular weight excluding hydrogens is 310 g/mol. The standard InChI is InChI=1S/C21H23N3O/c1-4-16-7-5-6-8-20(16)23-14-18(13-22)21(25)24-19-11-9-17(10-12-19)15(2)3/h5-12,14-15,23H,4H2,1-3H3,(H,24,25)/b18-14-. The molecule has 0 bridgehead atoms. The van der Waals surface area contributed by atoms with Crippen LogP contribution in [0.3, 0.4) is 0 Å². The molecule has 4 nitrogen and oxygen atoms in total. The van der Waals surface area contributed by atoms with Crippen molar-refractivity contribution in [3.63, 3.8) is 0 Å². The molecule has 2 aromatic carbocycles. The van der Waals surface area contributed by atoms with Crippen molar-refractivity contribution in [2.45, 2.75) is 33.1 Å². The van der Waals surface area contributed by atoms with Crippen molar-refractivity contribution in [3.05, 3.63) is 71.4 Å². The fourth-order valence-electron chi connectivity index (χ4n) is 2.42. The molecule has 1 amide bonds. The van der Waals surface area contributed by atoms with E-state index in [9.17, 15) is 10.1 Å². The number of benzene rings is 2. The number of aryl methyl sites for hydroxylation is 1. The number of hydrogen-bond acceptors (Lipinski definition) is 3. The first-order valence-corrected chi connectivity index (χ1v) is 8.41. The molecule has 2 aromatic rings. The lowest BCUT2D eigenvalue weighted by Crippen LogP contribution is -2.14. The number of carbonyl (C=O) groups excluding carboxylic acids is 1. The summed E-state index contributed by atoms with van der Waals surface area (Å²) in [5, 5.41) is 15.1. The fraction of sp³-hybridized carbons (Fsp3) is 0.238. The minimum atomic E-state index is -0.429. The van der Waals surface area contributed by atoms with Gasteiger partial charge in [-0.3, -0.25) is 4.79 Å². The van der Waals surface area contributed by atoms with Crippen LogP contribution in [-0.2, 0) is 11.2 Å². The van der Waals surface area contributed by atoms with Crippen molar-refractivity contribution >= 4 is 17.3 Å². The van der Waals surface area contributed by atoms with Crippen molar-refractivity contribution in [1.82, 2.24) is 0 Å². The zero-order valence-corrected chi connectivity index (χ0v) is 14.8. The van der Waals surface area contributed by atoms with Gasteiger partial charge in [0.1, 0.15) is 11.6 Å². The minimum absolute atomic E-state index is 0.0267. The quantitative estimate of drug-likeness (QED) is 0.588. The largest absolute Gasteiger partial charge is 0.360 e. The summed E-state index contributed by atoms with van der Waals surface area (Å²) in [7, 11) is 0. The normalized spacial score (nSPS) is 11.1. The maximum absolute atomic E-state index is 12.3. The van der Waals surface area contributed by atoms with Gasteiger partial charge in [-0.15, -0.1) is 0 Å². The molecular formula is C21H23N3O. The zero-order chi connectivity index (χ0) is 18.2. The van der Waals surface area contributed by atoms with Crippen LogP contribution in [-0.4, -0.2) is 5.91 Å². The number of nitriles is 1. The average Bonchev–Trinajstić information content (AvgIpc) is 2.63. The van der Waals surface area contributed by atoms with Gasteiger partial charge in [-0.25, -0.2) is 0 Å². The molecule has 0 saturated heterocycles. The fourth-order valence-corrected chi connectivity index (χ4v) is 2.42. The van der Waals surface area contributed by atoms with Crippen molar-refractivity contribution in [3.8, 4) is 6.07 Å². The summed E-state index contributed by atoms with van der Waals surface area (Å²) in [6.07, 6.45) is 2.32. The molecule has 0 aromatic heterocycles. The average molecular weight is 333 g/mol. The zero-order valence-electron chi connectivity index (χ0n) is 14.8. The third-order valence-electron chi connectivity index (χ3n) is 3.97. The number of hydrogen-bond donors (Lipinski definition) is 2. The van der Waals surface area contributed by atoms with Gasteiger partial charge >= 0.3 is 0 Å². The van der Waals surface area contributed by atoms with Crippen LogP contribution < -0.4 is 10.6 Å². The van der Waals surface area contributed by atoms with Gasteiger partial charge in [0.2, 0.25) is 0 Å². The number of nitrogens with one attached hydrogen (secondary N) is 2. The minimum Gasteiger partial charge on any atom is -0.360 e. The number of para-hydroxylation sites is 1. The lowest BCUT2D eigenvalue weighted by Gasteiger charge is -2.09. The van der Waals surface area contributed by atoms with Gasteiger partial charge in [-0.2, -0.15) is 5.26 Å². The van der Waals surface area contributed by atoms with Crippen molar-refractivity contribution < 1.29 is 4.79 Å². The molecule has 0 spiro atoms. The highest BCUT2D eigenvalue weighted by Crippen LogP contribution is 2.18. The molecule has 0 saturated carbocycles. The Hall–Kier alpha value is -3.06. The van der Waals surface area contributed by atoms with E-state index in [4.69, 9.17) is 0 Å². The van der Waals surface area contributed by atoms with Crippen LogP contribution in [0.15, 0.2) is 60.3 Å². The number of amides is 1. The van der Waals surface area contributed by atoms with Crippen LogP contribution in [0.5, 0.6) is 0 Å². The topological polar surface area (TPSA) is 64.9 Å². The van der Waals surface area contributed by atoms with Crippen LogP contribution in [0.4, 0.5) is 11.4 Å². The van der Waals surface area contributed by atoms with Crippen LogP contribution >= 0.6 is 0 Å². The molecule has 0 aliphatic rings. The molecule has 25 heavy (non-hydrogen) atoms. The summed E-state index contributed by atoms with van der Waals surface area (Å²) in [6, 6.07) is 17.4. The van der Waals surface area contributed by atoms with E-state index >= 15 is 0 Å². The van der Waals surface area contributed by atoms with Crippen LogP contribution in [0.25, 0.3) is 0 Å². The highest BCUT2D eigenvalue weighted by Gasteiger charge is 2.10. The van der Waals surface area contributed by atoms with E-state index in [2.05, 4.69) is 31.4 Å². The first-order chi connectivity index (χ1) is 12.0. The lowest BCUT2D eigenvalue weighted by molar-refractivity contribution is -0.112. The predicted molar refractivity (Wildman–Crippen MR) is 102 cm³/mol. The Balaban J connectivity index is 2.09. The van der Waals surface area contributed by atoms with E-state index in [1.54, 1.807) is 0 Å². The molecule has 128 valence electrons. The van der Waals surface area contributed by atoms with Crippen molar-refractivity contribution in [2.24, 2.45) is 0 Å². The van der Waals surface area contributed by atoms with Crippen LogP contribution in [0.1, 0.15) is 37.8 Å². The molecule has 0 atom stereocenters. The molecule has 0 heterocycles. The molecule has 4 heteroatoms. The van der Waals surface area contributed by atoms with Gasteiger partial charge in [0.05, 0.1) is 0 Å². The lowest BCUT2D eigenvalue weighted by atomic mass is 10.0. The maximum atomic E-state index is 12.3. The summed E-state index contributed by atoms with van der Waals surface area (Å²) in [5.41, 5.74) is 3.92. The van der Waals surface area contributed by atoms with Gasteiger partial charge in [0.15, 0.2) is 0 Å². The Kier molecular flexibility index (Phi) is 6.36. The van der Waals surface area contributed by atoms with E-state index in [0.29, 0.717) is 11.6 Å². The second-order valence-electron chi connectivity index (χ2n) is 6.06. The Morgan fingerprint density at radius 1 is 1.16 bits per heavy atom. The Bertz CT molecular complexity index is 799. The second kappa shape index (κ2) is 8.70. The van der Waals surface area contributed by atoms with E-state index in [-0.39, 0.29) is 5.57 Å². The second-order valence-corrected chi connectivity index (χ2v) is 6.06. The van der Waals surface area contributed by atoms with E-state index < -0.39 is 5.91 Å². The maximum Gasteiger partial charge on any atom is 0.267 e. The van der Waals surface area contributed by atoms with Gasteiger partial charge in [0.25, 0.3) is 5.91 Å². The summed E-state index contributed by atoms with van der Waals surface area (Å²) >= 11 is 0. The molecule has 0 radical (unpaired) electrons. The molecule has 0 aliphatic heterocycles. The van der Waals surface area contributed by atoms with Crippen LogP contribution in [0, 0.1) is 11.3 Å². The van der Waals surface area contributed by atoms with Crippen molar-refractivity contribution in [2.75, 3.05) is 10.6 Å². The first-order valence-electron chi connectivity index (χ1n) is 8.41. The highest BCUT2D eigenvalue weighted by molar-refractivity contribution is 6.06. The molecule has 0 aliphatic carbocycles. The number of nitrogens with zero attached hydrogens (tertiary/aromatic N) is 1. The van der Waals surface area contributed by atoms with Crippen LogP contribution in [0.2, 0.25) is 0 Å². The predicted octanol–water partition coefficient (Wildman–Crippen LogP) is 4.83. The molecule has 0 fully saturated rings. The summed E-state index contributed by atoms with van der Waals surface area (Å²) < 4.78 is 0. The van der Waals surface area contributed by atoms with Gasteiger partial charge in [-0.05, 0) is 41.7 Å². The Labute approximate surface area is 149 Å². The summed E-state index contributed by atoms with van der Waals surface area (Å²) in [6.45, 7) is 6.29. The Morgan fingerprint density at radius 3 is 2.44 bits per heavy atom. The third kappa shape index (κ3) is 4.95. The smallest absolute Gasteiger partial charge is 0.267 e. The summed E-state index contributed by atoms with van der Waals surface area (Å²) in [5.74, 6) is 0.00317. The SMILES string of the molecule is CCc1ccccc1N/C=C(/C#N)C(=O)Nc1ccc(C(C)C)cc1. The van der Waals surface area contributed by atoms with E-state index in [1.807, 2.05) is 54.6 Å². The van der Waals surface area contributed by atoms with Gasteiger partial charge < -0.3 is 10.6 Å². The number of rotatable bonds is 6. The highest BCUT2D eigenvalue weighted by atomic mass is 16.1. The van der Waals surface area contributed by atoms with E-state index in [0.717, 1.165) is 17.7 Å². The third-order valence-corrected chi connectivity index (χ3v) is 3.97.